The van der Waals surface area contributed by atoms with Gasteiger partial charge < -0.3 is 39.3 Å². The Labute approximate surface area is 313 Å². The first-order valence-corrected chi connectivity index (χ1v) is 19.4. The van der Waals surface area contributed by atoms with Crippen molar-refractivity contribution in [1.29, 1.82) is 0 Å². The number of carbonyl (C=O) groups is 4. The summed E-state index contributed by atoms with van der Waals surface area (Å²) < 4.78 is 64.2. The van der Waals surface area contributed by atoms with Crippen LogP contribution < -0.4 is 21.3 Å². The van der Waals surface area contributed by atoms with E-state index >= 15 is 0 Å². The second kappa shape index (κ2) is 24.8. The minimum atomic E-state index is -4.33. The van der Waals surface area contributed by atoms with Crippen molar-refractivity contribution < 1.29 is 54.1 Å². The predicted molar refractivity (Wildman–Crippen MR) is 205 cm³/mol. The summed E-state index contributed by atoms with van der Waals surface area (Å²) in [7, 11) is 4.17. The zero-order valence-corrected chi connectivity index (χ0v) is 35.1. The second-order valence-corrected chi connectivity index (χ2v) is 18.2. The molecule has 0 aromatic heterocycles. The van der Waals surface area contributed by atoms with Gasteiger partial charge in [0, 0.05) is 48.2 Å². The Kier molecular flexibility index (Phi) is 26.3. The monoisotopic (exact) mass is 782 g/mol. The van der Waals surface area contributed by atoms with Crippen LogP contribution in [-0.2, 0) is 39.4 Å². The van der Waals surface area contributed by atoms with Gasteiger partial charge in [0.25, 0.3) is 0 Å². The molecule has 4 N–H and O–H groups in total. The fourth-order valence-corrected chi connectivity index (χ4v) is 5.45. The van der Waals surface area contributed by atoms with Crippen LogP contribution in [0.1, 0.15) is 54.4 Å². The molecular weight excluding hydrogens is 717 g/mol. The summed E-state index contributed by atoms with van der Waals surface area (Å²) in [6.07, 6.45) is 4.03. The maximum atomic E-state index is 11.1. The number of quaternary nitrogens is 2. The van der Waals surface area contributed by atoms with Crippen LogP contribution in [0.2, 0.25) is 0 Å². The van der Waals surface area contributed by atoms with Crippen LogP contribution in [0.3, 0.4) is 0 Å². The van der Waals surface area contributed by atoms with E-state index in [1.165, 1.54) is 27.7 Å². The van der Waals surface area contributed by atoms with E-state index in [1.807, 2.05) is 0 Å². The summed E-state index contributed by atoms with van der Waals surface area (Å²) in [5.74, 6) is -2.37. The Morgan fingerprint density at radius 1 is 0.615 bits per heavy atom. The molecule has 0 rings (SSSR count). The molecule has 16 nitrogen and oxygen atoms in total. The van der Waals surface area contributed by atoms with Crippen LogP contribution >= 0.6 is 0 Å². The van der Waals surface area contributed by atoms with Crippen LogP contribution in [0.25, 0.3) is 0 Å². The lowest BCUT2D eigenvalue weighted by molar-refractivity contribution is -0.870. The highest BCUT2D eigenvalue weighted by atomic mass is 32.2. The van der Waals surface area contributed by atoms with Gasteiger partial charge in [-0.15, -0.1) is 0 Å². The van der Waals surface area contributed by atoms with Crippen molar-refractivity contribution in [3.63, 3.8) is 0 Å². The molecule has 0 bridgehead atoms. The van der Waals surface area contributed by atoms with Gasteiger partial charge >= 0.3 is 0 Å². The standard InChI is InChI=1S/2C10H20N2O.2C7H13NO4S/c2*1-9(2)10(13)11-7-6-8-12(3,4)5;2*1-4-6(9)8-7(2,3)5-13(10,11)12/h2*1,6-8H2,2-5H3;2*4H,1,5H2,2-3H3,(H,8,9)(H,10,11,12). The lowest BCUT2D eigenvalue weighted by Gasteiger charge is -2.26. The summed E-state index contributed by atoms with van der Waals surface area (Å²) in [6.45, 7) is 26.4. The molecule has 4 amide bonds. The minimum absolute atomic E-state index is 0.0404. The van der Waals surface area contributed by atoms with E-state index in [4.69, 9.17) is 0 Å². The summed E-state index contributed by atoms with van der Waals surface area (Å²) >= 11 is 0. The quantitative estimate of drug-likeness (QED) is 0.0661. The highest BCUT2D eigenvalue weighted by Gasteiger charge is 2.23. The van der Waals surface area contributed by atoms with Gasteiger partial charge in [-0.2, -0.15) is 0 Å². The predicted octanol–water partition coefficient (Wildman–Crippen LogP) is 0.775. The Balaban J connectivity index is -0.000000295. The first-order valence-electron chi connectivity index (χ1n) is 16.2. The SMILES string of the molecule is C=C(C)C(=O)NCCC[N+](C)(C)C.C=C(C)C(=O)NCCC[N+](C)(C)C.C=CC(=O)NC(C)(C)CS(=O)(=O)[O-].C=CC(=O)NC(C)(C)CS(=O)(=O)[O-]. The summed E-state index contributed by atoms with van der Waals surface area (Å²) in [5, 5.41) is 10.3. The van der Waals surface area contributed by atoms with Crippen molar-refractivity contribution in [2.75, 3.05) is 80.0 Å². The molecule has 0 saturated heterocycles. The van der Waals surface area contributed by atoms with Crippen LogP contribution in [0.4, 0.5) is 0 Å². The molecule has 0 atom stereocenters. The van der Waals surface area contributed by atoms with E-state index in [0.29, 0.717) is 11.1 Å². The van der Waals surface area contributed by atoms with Crippen LogP contribution in [0.15, 0.2) is 49.6 Å². The summed E-state index contributed by atoms with van der Waals surface area (Å²) in [5.41, 5.74) is -0.979. The Hall–Kier alpha value is -3.42. The summed E-state index contributed by atoms with van der Waals surface area (Å²) in [6, 6.07) is 0. The molecule has 0 unspecified atom stereocenters. The van der Waals surface area contributed by atoms with Crippen molar-refractivity contribution in [2.24, 2.45) is 0 Å². The molecule has 0 radical (unpaired) electrons. The van der Waals surface area contributed by atoms with Gasteiger partial charge in [-0.1, -0.05) is 26.3 Å². The van der Waals surface area contributed by atoms with Crippen molar-refractivity contribution in [2.45, 2.75) is 65.5 Å². The van der Waals surface area contributed by atoms with Gasteiger partial charge in [0.1, 0.15) is 0 Å². The molecule has 0 aromatic rings. The smallest absolute Gasteiger partial charge is 0.246 e. The van der Waals surface area contributed by atoms with Gasteiger partial charge in [-0.25, -0.2) is 16.8 Å². The molecule has 0 aliphatic carbocycles. The lowest BCUT2D eigenvalue weighted by atomic mass is 10.1. The van der Waals surface area contributed by atoms with Gasteiger partial charge in [0.2, 0.25) is 23.6 Å². The first-order chi connectivity index (χ1) is 23.0. The first kappa shape index (κ1) is 55.3. The Bertz CT molecular complexity index is 1320. The van der Waals surface area contributed by atoms with E-state index in [2.05, 4.69) is 89.9 Å². The summed E-state index contributed by atoms with van der Waals surface area (Å²) in [4.78, 5) is 43.7. The molecule has 0 spiro atoms. The topological polar surface area (TPSA) is 231 Å². The average Bonchev–Trinajstić information content (AvgIpc) is 2.89. The number of carbonyl (C=O) groups excluding carboxylic acids is 4. The number of nitrogens with zero attached hydrogens (tertiary/aromatic N) is 2. The second-order valence-electron chi connectivity index (χ2n) is 15.4. The maximum Gasteiger partial charge on any atom is 0.246 e. The molecule has 0 saturated carbocycles. The van der Waals surface area contributed by atoms with Crippen molar-refractivity contribution in [1.82, 2.24) is 21.3 Å². The van der Waals surface area contributed by atoms with Gasteiger partial charge in [-0.3, -0.25) is 19.2 Å². The molecule has 52 heavy (non-hydrogen) atoms. The van der Waals surface area contributed by atoms with E-state index in [1.54, 1.807) is 13.8 Å². The van der Waals surface area contributed by atoms with Crippen molar-refractivity contribution in [3.05, 3.63) is 49.6 Å². The number of amides is 4. The van der Waals surface area contributed by atoms with E-state index in [0.717, 1.165) is 60.1 Å². The third-order valence-electron chi connectivity index (χ3n) is 5.73. The number of hydrogen-bond donors (Lipinski definition) is 4. The third kappa shape index (κ3) is 44.6. The van der Waals surface area contributed by atoms with E-state index in [9.17, 15) is 45.1 Å². The molecule has 0 aliphatic heterocycles. The third-order valence-corrected chi connectivity index (χ3v) is 7.88. The molecule has 0 fully saturated rings. The number of nitrogens with one attached hydrogen (secondary N) is 4. The fraction of sp³-hybridized carbons (Fsp3) is 0.647. The largest absolute Gasteiger partial charge is 0.748 e. The number of rotatable bonds is 18. The highest BCUT2D eigenvalue weighted by Crippen LogP contribution is 2.06. The van der Waals surface area contributed by atoms with E-state index < -0.39 is 54.6 Å². The average molecular weight is 783 g/mol. The van der Waals surface area contributed by atoms with E-state index in [-0.39, 0.29) is 11.8 Å². The van der Waals surface area contributed by atoms with Gasteiger partial charge in [-0.05, 0) is 53.7 Å². The molecule has 0 heterocycles. The molecule has 0 aliphatic rings. The molecular formula is C34H66N6O10S2. The minimum Gasteiger partial charge on any atom is -0.748 e. The fourth-order valence-electron chi connectivity index (χ4n) is 3.54. The number of hydrogen-bond acceptors (Lipinski definition) is 10. The van der Waals surface area contributed by atoms with Gasteiger partial charge in [0.05, 0.1) is 87.1 Å². The lowest BCUT2D eigenvalue weighted by Crippen LogP contribution is -2.47. The van der Waals surface area contributed by atoms with Crippen LogP contribution in [0, 0.1) is 0 Å². The Morgan fingerprint density at radius 2 is 0.865 bits per heavy atom. The molecule has 18 heteroatoms. The van der Waals surface area contributed by atoms with Crippen molar-refractivity contribution >= 4 is 43.9 Å². The Morgan fingerprint density at radius 3 is 1.04 bits per heavy atom. The van der Waals surface area contributed by atoms with Crippen LogP contribution in [-0.4, -0.2) is 150 Å². The maximum absolute atomic E-state index is 11.1. The molecule has 0 aromatic carbocycles. The highest BCUT2D eigenvalue weighted by molar-refractivity contribution is 7.86. The van der Waals surface area contributed by atoms with Crippen molar-refractivity contribution in [3.8, 4) is 0 Å². The zero-order chi connectivity index (χ0) is 42.4. The van der Waals surface area contributed by atoms with Gasteiger partial charge in [0.15, 0.2) is 0 Å². The molecule has 304 valence electrons. The normalized spacial score (nSPS) is 11.7. The van der Waals surface area contributed by atoms with Crippen LogP contribution in [0.5, 0.6) is 0 Å². The zero-order valence-electron chi connectivity index (χ0n) is 33.4.